The Kier molecular flexibility index (Phi) is 4.65. The maximum Gasteiger partial charge on any atom is 0.216 e. The van der Waals surface area contributed by atoms with Crippen LogP contribution >= 0.6 is 0 Å². The van der Waals surface area contributed by atoms with E-state index in [9.17, 15) is 0 Å². The summed E-state index contributed by atoms with van der Waals surface area (Å²) >= 11 is 0. The minimum atomic E-state index is -0.520. The Hall–Kier alpha value is -2.42. The van der Waals surface area contributed by atoms with Crippen molar-refractivity contribution in [3.05, 3.63) is 105 Å². The largest absolute Gasteiger partial charge is 0.260 e. The number of hydrogen-bond donors (Lipinski definition) is 0. The molecule has 3 aromatic rings. The number of hydrogen-bond acceptors (Lipinski definition) is 2. The lowest BCUT2D eigenvalue weighted by Crippen LogP contribution is -2.22. The molecule has 28 heavy (non-hydrogen) atoms. The maximum absolute atomic E-state index is 6.45. The average Bonchev–Trinajstić information content (AvgIpc) is 3.49. The summed E-state index contributed by atoms with van der Waals surface area (Å²) in [7, 11) is 0. The highest BCUT2D eigenvalue weighted by Crippen LogP contribution is 2.55. The van der Waals surface area contributed by atoms with Gasteiger partial charge in [0.2, 0.25) is 5.72 Å². The van der Waals surface area contributed by atoms with Crippen molar-refractivity contribution in [2.45, 2.75) is 53.3 Å². The molecule has 1 heterocycles. The Morgan fingerprint density at radius 3 is 1.46 bits per heavy atom. The van der Waals surface area contributed by atoms with Gasteiger partial charge in [-0.25, -0.2) is 0 Å². The van der Waals surface area contributed by atoms with Gasteiger partial charge in [0.05, 0.1) is 6.04 Å². The van der Waals surface area contributed by atoms with Gasteiger partial charge in [0.1, 0.15) is 0 Å². The molecule has 1 saturated heterocycles. The first-order chi connectivity index (χ1) is 13.4. The Bertz CT molecular complexity index is 939. The smallest absolute Gasteiger partial charge is 0.216 e. The van der Waals surface area contributed by atoms with Crippen LogP contribution in [0.1, 0.15) is 57.5 Å². The lowest BCUT2D eigenvalue weighted by molar-refractivity contribution is 0.154. The molecule has 0 spiro atoms. The van der Waals surface area contributed by atoms with Crippen molar-refractivity contribution in [3.8, 4) is 0 Å². The lowest BCUT2D eigenvalue weighted by atomic mass is 9.86. The van der Waals surface area contributed by atoms with Gasteiger partial charge in [-0.1, -0.05) is 60.7 Å². The summed E-state index contributed by atoms with van der Waals surface area (Å²) in [5.74, 6) is 0. The van der Waals surface area contributed by atoms with Gasteiger partial charge in [0.15, 0.2) is 0 Å². The predicted molar refractivity (Wildman–Crippen MR) is 115 cm³/mol. The van der Waals surface area contributed by atoms with E-state index in [1.54, 1.807) is 0 Å². The normalized spacial score (nSPS) is 18.7. The maximum atomic E-state index is 6.45. The van der Waals surface area contributed by atoms with E-state index in [1.165, 1.54) is 44.5 Å². The third kappa shape index (κ3) is 2.71. The van der Waals surface area contributed by atoms with Gasteiger partial charge in [-0.2, -0.15) is 0 Å². The minimum absolute atomic E-state index is 0.151. The SMILES string of the molecule is Cc1c(C)c(C)c(C(C)N2OC2(c2ccccc2)c2ccccc2)c(C)c1C. The molecular weight excluding hydrogens is 342 g/mol. The first-order valence-corrected chi connectivity index (χ1v) is 10.1. The molecule has 144 valence electrons. The first kappa shape index (κ1) is 18.9. The summed E-state index contributed by atoms with van der Waals surface area (Å²) in [4.78, 5) is 6.45. The van der Waals surface area contributed by atoms with Crippen LogP contribution < -0.4 is 0 Å². The molecule has 0 N–H and O–H groups in total. The Labute approximate surface area is 168 Å². The highest BCUT2D eigenvalue weighted by atomic mass is 16.9. The van der Waals surface area contributed by atoms with Gasteiger partial charge in [0.25, 0.3) is 0 Å². The topological polar surface area (TPSA) is 15.5 Å². The van der Waals surface area contributed by atoms with Gasteiger partial charge >= 0.3 is 0 Å². The van der Waals surface area contributed by atoms with Crippen molar-refractivity contribution in [1.29, 1.82) is 0 Å². The van der Waals surface area contributed by atoms with Crippen molar-refractivity contribution in [2.24, 2.45) is 0 Å². The molecular formula is C26H29NO. The zero-order chi connectivity index (χ0) is 20.1. The molecule has 4 rings (SSSR count). The van der Waals surface area contributed by atoms with Crippen LogP contribution in [0.25, 0.3) is 0 Å². The average molecular weight is 372 g/mol. The lowest BCUT2D eigenvalue weighted by Gasteiger charge is -2.24. The molecule has 1 fully saturated rings. The van der Waals surface area contributed by atoms with Gasteiger partial charge < -0.3 is 0 Å². The third-order valence-corrected chi connectivity index (χ3v) is 6.67. The van der Waals surface area contributed by atoms with Gasteiger partial charge in [-0.05, 0) is 74.9 Å². The molecule has 1 aliphatic heterocycles. The summed E-state index contributed by atoms with van der Waals surface area (Å²) in [6.07, 6.45) is 0. The molecule has 0 aromatic heterocycles. The summed E-state index contributed by atoms with van der Waals surface area (Å²) in [5.41, 5.74) is 10.1. The fourth-order valence-electron chi connectivity index (χ4n) is 4.60. The fourth-order valence-corrected chi connectivity index (χ4v) is 4.60. The van der Waals surface area contributed by atoms with Crippen molar-refractivity contribution in [2.75, 3.05) is 0 Å². The third-order valence-electron chi connectivity index (χ3n) is 6.67. The van der Waals surface area contributed by atoms with Gasteiger partial charge in [-0.15, -0.1) is 5.06 Å². The van der Waals surface area contributed by atoms with E-state index in [0.717, 1.165) is 0 Å². The molecule has 2 atom stereocenters. The molecule has 2 unspecified atom stereocenters. The number of nitrogens with zero attached hydrogens (tertiary/aromatic N) is 1. The second kappa shape index (κ2) is 6.88. The Morgan fingerprint density at radius 2 is 1.04 bits per heavy atom. The van der Waals surface area contributed by atoms with E-state index in [4.69, 9.17) is 4.84 Å². The van der Waals surface area contributed by atoms with Crippen LogP contribution in [0.15, 0.2) is 60.7 Å². The second-order valence-electron chi connectivity index (χ2n) is 8.01. The molecule has 3 aromatic carbocycles. The van der Waals surface area contributed by atoms with E-state index < -0.39 is 5.72 Å². The van der Waals surface area contributed by atoms with E-state index in [-0.39, 0.29) is 6.04 Å². The van der Waals surface area contributed by atoms with Crippen LogP contribution in [-0.2, 0) is 10.6 Å². The predicted octanol–water partition coefficient (Wildman–Crippen LogP) is 6.44. The van der Waals surface area contributed by atoms with Crippen molar-refractivity contribution < 1.29 is 4.84 Å². The monoisotopic (exact) mass is 371 g/mol. The van der Waals surface area contributed by atoms with Crippen molar-refractivity contribution >= 4 is 0 Å². The zero-order valence-electron chi connectivity index (χ0n) is 17.7. The fraction of sp³-hybridized carbons (Fsp3) is 0.308. The molecule has 2 nitrogen and oxygen atoms in total. The first-order valence-electron chi connectivity index (χ1n) is 10.1. The van der Waals surface area contributed by atoms with Gasteiger partial charge in [-0.3, -0.25) is 4.84 Å². The Morgan fingerprint density at radius 1 is 0.643 bits per heavy atom. The quantitative estimate of drug-likeness (QED) is 0.491. The van der Waals surface area contributed by atoms with Crippen molar-refractivity contribution in [1.82, 2.24) is 5.06 Å². The van der Waals surface area contributed by atoms with Crippen LogP contribution in [0, 0.1) is 34.6 Å². The molecule has 1 aliphatic rings. The van der Waals surface area contributed by atoms with Crippen molar-refractivity contribution in [3.63, 3.8) is 0 Å². The molecule has 2 heteroatoms. The summed E-state index contributed by atoms with van der Waals surface area (Å²) in [5, 5.41) is 2.17. The van der Waals surface area contributed by atoms with Gasteiger partial charge in [0, 0.05) is 11.1 Å². The van der Waals surface area contributed by atoms with E-state index in [2.05, 4.69) is 107 Å². The number of hydroxylamine groups is 2. The molecule has 0 radical (unpaired) electrons. The second-order valence-corrected chi connectivity index (χ2v) is 8.01. The number of rotatable bonds is 4. The molecule has 0 bridgehead atoms. The molecule has 0 aliphatic carbocycles. The van der Waals surface area contributed by atoms with Crippen LogP contribution in [0.5, 0.6) is 0 Å². The molecule has 0 saturated carbocycles. The highest BCUT2D eigenvalue weighted by molar-refractivity contribution is 5.51. The van der Waals surface area contributed by atoms with Crippen LogP contribution in [0.3, 0.4) is 0 Å². The zero-order valence-corrected chi connectivity index (χ0v) is 17.7. The standard InChI is InChI=1S/C26H29NO/c1-17-18(2)20(4)25(21(5)19(17)3)22(6)27-26(28-27,23-13-9-7-10-14-23)24-15-11-8-12-16-24/h7-16,22H,1-6H3. The van der Waals surface area contributed by atoms with E-state index in [0.29, 0.717) is 0 Å². The van der Waals surface area contributed by atoms with E-state index >= 15 is 0 Å². The Balaban J connectivity index is 1.83. The highest BCUT2D eigenvalue weighted by Gasteiger charge is 2.60. The summed E-state index contributed by atoms with van der Waals surface area (Å²) < 4.78 is 0. The minimum Gasteiger partial charge on any atom is -0.260 e. The van der Waals surface area contributed by atoms with Crippen LogP contribution in [0.4, 0.5) is 0 Å². The summed E-state index contributed by atoms with van der Waals surface area (Å²) in [6.45, 7) is 13.5. The molecule has 0 amide bonds. The summed E-state index contributed by atoms with van der Waals surface area (Å²) in [6, 6.07) is 21.2. The van der Waals surface area contributed by atoms with E-state index in [1.807, 2.05) is 0 Å². The van der Waals surface area contributed by atoms with Crippen LogP contribution in [-0.4, -0.2) is 5.06 Å². The van der Waals surface area contributed by atoms with Crippen LogP contribution in [0.2, 0.25) is 0 Å². The number of benzene rings is 3.